The van der Waals surface area contributed by atoms with E-state index in [0.717, 1.165) is 27.7 Å². The number of benzene rings is 1. The molecule has 4 bridgehead atoms. The highest BCUT2D eigenvalue weighted by Gasteiger charge is 2.53. The number of hydrogen-bond donors (Lipinski definition) is 3. The Morgan fingerprint density at radius 2 is 1.71 bits per heavy atom. The normalized spacial score (nSPS) is 33.8. The lowest BCUT2D eigenvalue weighted by Gasteiger charge is -2.58. The smallest absolute Gasteiger partial charge is 0.247 e. The molecule has 0 saturated heterocycles. The number of para-hydroxylation sites is 1. The lowest BCUT2D eigenvalue weighted by atomic mass is 9.49. The van der Waals surface area contributed by atoms with E-state index in [4.69, 9.17) is 4.74 Å². The third-order valence-corrected chi connectivity index (χ3v) is 11.8. The first-order valence-electron chi connectivity index (χ1n) is 16.3. The third kappa shape index (κ3) is 6.70. The van der Waals surface area contributed by atoms with Gasteiger partial charge in [-0.15, -0.1) is 0 Å². The summed E-state index contributed by atoms with van der Waals surface area (Å²) in [6, 6.07) is 7.12. The van der Waals surface area contributed by atoms with Crippen molar-refractivity contribution in [2.24, 2.45) is 29.1 Å². The van der Waals surface area contributed by atoms with Crippen LogP contribution in [0, 0.1) is 32.7 Å². The fraction of sp³-hybridized carbons (Fsp3) is 0.706. The number of carbonyl (C=O) groups excluding carboxylic acids is 2. The minimum absolute atomic E-state index is 0.114. The molecule has 3 N–H and O–H groups in total. The molecule has 230 valence electrons. The van der Waals surface area contributed by atoms with Gasteiger partial charge in [-0.1, -0.05) is 37.8 Å². The Labute approximate surface area is 264 Å². The Bertz CT molecular complexity index is 1130. The zero-order valence-electron chi connectivity index (χ0n) is 24.7. The van der Waals surface area contributed by atoms with Gasteiger partial charge in [-0.3, -0.25) is 9.59 Å². The van der Waals surface area contributed by atoms with Crippen molar-refractivity contribution in [2.45, 2.75) is 102 Å². The van der Waals surface area contributed by atoms with Crippen molar-refractivity contribution >= 4 is 34.4 Å². The Morgan fingerprint density at radius 1 is 1.05 bits per heavy atom. The van der Waals surface area contributed by atoms with E-state index in [9.17, 15) is 19.8 Å². The van der Waals surface area contributed by atoms with E-state index in [0.29, 0.717) is 30.2 Å². The van der Waals surface area contributed by atoms with Gasteiger partial charge in [0.2, 0.25) is 11.8 Å². The molecule has 3 atom stereocenters. The molecular formula is C34H47IN2O5. The van der Waals surface area contributed by atoms with Gasteiger partial charge in [0.25, 0.3) is 0 Å². The van der Waals surface area contributed by atoms with Crippen molar-refractivity contribution in [3.05, 3.63) is 39.5 Å². The van der Waals surface area contributed by atoms with Crippen LogP contribution in [0.2, 0.25) is 0 Å². The van der Waals surface area contributed by atoms with Crippen LogP contribution in [0.3, 0.4) is 0 Å². The first kappa shape index (κ1) is 30.4. The van der Waals surface area contributed by atoms with Gasteiger partial charge in [-0.25, -0.2) is 0 Å². The maximum atomic E-state index is 14.3. The van der Waals surface area contributed by atoms with E-state index < -0.39 is 18.2 Å². The largest absolute Gasteiger partial charge is 0.482 e. The summed E-state index contributed by atoms with van der Waals surface area (Å²) in [6.45, 7) is 0.677. The van der Waals surface area contributed by atoms with Crippen molar-refractivity contribution in [1.29, 1.82) is 0 Å². The van der Waals surface area contributed by atoms with E-state index in [1.807, 2.05) is 29.2 Å². The molecule has 2 amide bonds. The van der Waals surface area contributed by atoms with Gasteiger partial charge in [0, 0.05) is 31.5 Å². The monoisotopic (exact) mass is 690 g/mol. The third-order valence-electron chi connectivity index (χ3n) is 10.9. The van der Waals surface area contributed by atoms with E-state index in [2.05, 4.69) is 27.9 Å². The predicted molar refractivity (Wildman–Crippen MR) is 170 cm³/mol. The van der Waals surface area contributed by atoms with Crippen molar-refractivity contribution in [1.82, 2.24) is 10.2 Å². The van der Waals surface area contributed by atoms with Gasteiger partial charge in [-0.2, -0.15) is 0 Å². The second-order valence-electron chi connectivity index (χ2n) is 14.1. The summed E-state index contributed by atoms with van der Waals surface area (Å²) >= 11 is 2.22. The molecule has 0 radical (unpaired) electrons. The lowest BCUT2D eigenvalue weighted by Crippen LogP contribution is -2.59. The molecule has 0 heterocycles. The minimum atomic E-state index is -0.959. The highest BCUT2D eigenvalue weighted by Crippen LogP contribution is 2.60. The maximum absolute atomic E-state index is 14.3. The van der Waals surface area contributed by atoms with Crippen molar-refractivity contribution in [2.75, 3.05) is 19.7 Å². The van der Waals surface area contributed by atoms with Crippen molar-refractivity contribution in [3.8, 4) is 5.75 Å². The number of nitrogens with zero attached hydrogens (tertiary/aromatic N) is 1. The standard InChI is InChI=1S/C34H47IN2O5/c35-27-7-3-4-8-29(27)42-30-17-26(33(41)36-11-12-38)16-28(32(30)40)37(31(39)10-9-22-5-1-2-6-22)21-34-18-23-13-24(19-34)15-25(14-23)20-34/h3-4,7-8,17,22-25,28,30,32,38,40H,1-2,5-6,9-16,18-21H2,(H,36,41)/t23?,24?,25?,28-,30+,32+,34?/m1/s1. The molecule has 1 aromatic carbocycles. The summed E-state index contributed by atoms with van der Waals surface area (Å²) in [6.07, 6.45) is 14.2. The Balaban J connectivity index is 1.29. The van der Waals surface area contributed by atoms with Gasteiger partial charge in [0.15, 0.2) is 0 Å². The summed E-state index contributed by atoms with van der Waals surface area (Å²) in [5.74, 6) is 3.39. The molecule has 7 rings (SSSR count). The van der Waals surface area contributed by atoms with Crippen molar-refractivity contribution < 1.29 is 24.5 Å². The molecule has 0 unspecified atom stereocenters. The Hall–Kier alpha value is -1.65. The highest BCUT2D eigenvalue weighted by molar-refractivity contribution is 14.1. The average molecular weight is 691 g/mol. The molecule has 1 aromatic rings. The molecule has 6 aliphatic rings. The predicted octanol–water partition coefficient (Wildman–Crippen LogP) is 5.22. The second-order valence-corrected chi connectivity index (χ2v) is 15.2. The molecule has 0 aromatic heterocycles. The zero-order valence-corrected chi connectivity index (χ0v) is 26.8. The summed E-state index contributed by atoms with van der Waals surface area (Å²) in [4.78, 5) is 29.5. The molecule has 0 spiro atoms. The van der Waals surface area contributed by atoms with Crippen LogP contribution in [0.4, 0.5) is 0 Å². The van der Waals surface area contributed by atoms with Crippen LogP contribution in [0.1, 0.15) is 83.5 Å². The van der Waals surface area contributed by atoms with E-state index in [1.54, 1.807) is 6.08 Å². The van der Waals surface area contributed by atoms with Gasteiger partial charge in [0.05, 0.1) is 16.2 Å². The molecule has 0 aliphatic heterocycles. The molecule has 5 fully saturated rings. The summed E-state index contributed by atoms with van der Waals surface area (Å²) in [5, 5.41) is 24.1. The van der Waals surface area contributed by atoms with Gasteiger partial charge < -0.3 is 25.2 Å². The summed E-state index contributed by atoms with van der Waals surface area (Å²) in [7, 11) is 0. The number of nitrogens with one attached hydrogen (secondary N) is 1. The fourth-order valence-electron chi connectivity index (χ4n) is 9.47. The van der Waals surface area contributed by atoms with Gasteiger partial charge >= 0.3 is 0 Å². The zero-order chi connectivity index (χ0) is 29.3. The van der Waals surface area contributed by atoms with Crippen LogP contribution in [0.15, 0.2) is 35.9 Å². The average Bonchev–Trinajstić information content (AvgIpc) is 3.49. The lowest BCUT2D eigenvalue weighted by molar-refractivity contribution is -0.147. The SMILES string of the molecule is O=C(NCCO)C1=C[C@H](Oc2ccccc2I)[C@@H](O)[C@H](N(CC23CC4CC(CC(C4)C2)C3)C(=O)CCC2CCCC2)C1. The van der Waals surface area contributed by atoms with Crippen LogP contribution >= 0.6 is 22.6 Å². The van der Waals surface area contributed by atoms with Crippen LogP contribution in [0.5, 0.6) is 5.75 Å². The summed E-state index contributed by atoms with van der Waals surface area (Å²) < 4.78 is 7.30. The second kappa shape index (κ2) is 13.1. The molecule has 8 heteroatoms. The number of carbonyl (C=O) groups is 2. The van der Waals surface area contributed by atoms with Crippen LogP contribution in [0.25, 0.3) is 0 Å². The molecule has 7 nitrogen and oxygen atoms in total. The maximum Gasteiger partial charge on any atom is 0.247 e. The first-order chi connectivity index (χ1) is 20.3. The molecule has 6 aliphatic carbocycles. The van der Waals surface area contributed by atoms with E-state index in [1.165, 1.54) is 64.2 Å². The first-order valence-corrected chi connectivity index (χ1v) is 17.4. The van der Waals surface area contributed by atoms with Crippen LogP contribution in [-0.2, 0) is 9.59 Å². The fourth-order valence-corrected chi connectivity index (χ4v) is 9.99. The Morgan fingerprint density at radius 3 is 2.36 bits per heavy atom. The Kier molecular flexibility index (Phi) is 9.51. The van der Waals surface area contributed by atoms with Gasteiger partial charge in [0.1, 0.15) is 18.0 Å². The number of aliphatic hydroxyl groups is 2. The molecule has 5 saturated carbocycles. The number of halogens is 1. The number of amides is 2. The number of rotatable bonds is 11. The molecular weight excluding hydrogens is 643 g/mol. The van der Waals surface area contributed by atoms with Crippen molar-refractivity contribution in [3.63, 3.8) is 0 Å². The minimum Gasteiger partial charge on any atom is -0.482 e. The van der Waals surface area contributed by atoms with E-state index in [-0.39, 0.29) is 36.8 Å². The highest BCUT2D eigenvalue weighted by atomic mass is 127. The van der Waals surface area contributed by atoms with E-state index >= 15 is 0 Å². The van der Waals surface area contributed by atoms with Crippen LogP contribution < -0.4 is 10.1 Å². The van der Waals surface area contributed by atoms with Crippen LogP contribution in [-0.4, -0.2) is 64.9 Å². The number of hydrogen-bond acceptors (Lipinski definition) is 5. The quantitative estimate of drug-likeness (QED) is 0.277. The topological polar surface area (TPSA) is 99.1 Å². The number of ether oxygens (including phenoxy) is 1. The van der Waals surface area contributed by atoms with Gasteiger partial charge in [-0.05, 0) is 115 Å². The summed E-state index contributed by atoms with van der Waals surface area (Å²) in [5.41, 5.74) is 0.622. The molecule has 42 heavy (non-hydrogen) atoms. The number of aliphatic hydroxyl groups excluding tert-OH is 2.